The van der Waals surface area contributed by atoms with Crippen molar-refractivity contribution in [3.05, 3.63) is 17.2 Å². The molecule has 1 aromatic carbocycles. The number of amides is 1. The van der Waals surface area contributed by atoms with E-state index in [4.69, 9.17) is 17.3 Å². The van der Waals surface area contributed by atoms with Crippen LogP contribution in [0.2, 0.25) is 5.02 Å². The molecule has 0 radical (unpaired) electrons. The summed E-state index contributed by atoms with van der Waals surface area (Å²) in [5, 5.41) is 3.34. The summed E-state index contributed by atoms with van der Waals surface area (Å²) in [6.07, 6.45) is 1.35. The molecular weight excluding hydrogens is 296 g/mol. The molecule has 0 saturated carbocycles. The predicted molar refractivity (Wildman–Crippen MR) is 83.1 cm³/mol. The van der Waals surface area contributed by atoms with Crippen LogP contribution in [0, 0.1) is 5.41 Å². The number of rotatable bonds is 5. The molecule has 0 atom stereocenters. The molecule has 1 heterocycles. The van der Waals surface area contributed by atoms with E-state index in [0.717, 1.165) is 17.2 Å². The van der Waals surface area contributed by atoms with Gasteiger partial charge in [-0.1, -0.05) is 25.4 Å². The fourth-order valence-electron chi connectivity index (χ4n) is 2.14. The molecular formula is C13H17ClN4OS. The zero-order valence-corrected chi connectivity index (χ0v) is 13.0. The third-order valence-electron chi connectivity index (χ3n) is 3.84. The summed E-state index contributed by atoms with van der Waals surface area (Å²) >= 11 is 7.27. The van der Waals surface area contributed by atoms with Crippen LogP contribution in [-0.2, 0) is 4.79 Å². The second-order valence-electron chi connectivity index (χ2n) is 4.70. The van der Waals surface area contributed by atoms with Crippen LogP contribution in [0.15, 0.2) is 12.1 Å². The van der Waals surface area contributed by atoms with Crippen LogP contribution in [0.5, 0.6) is 0 Å². The minimum atomic E-state index is -0.574. The van der Waals surface area contributed by atoms with Crippen molar-refractivity contribution in [2.24, 2.45) is 11.1 Å². The first-order valence-corrected chi connectivity index (χ1v) is 7.61. The van der Waals surface area contributed by atoms with Gasteiger partial charge >= 0.3 is 0 Å². The molecule has 0 aliphatic heterocycles. The van der Waals surface area contributed by atoms with E-state index in [1.807, 2.05) is 13.8 Å². The van der Waals surface area contributed by atoms with Crippen LogP contribution in [-0.4, -0.2) is 21.2 Å². The maximum atomic E-state index is 12.6. The molecule has 1 amide bonds. The molecule has 0 saturated heterocycles. The minimum Gasteiger partial charge on any atom is -0.329 e. The lowest BCUT2D eigenvalue weighted by molar-refractivity contribution is -0.125. The van der Waals surface area contributed by atoms with E-state index in [1.54, 1.807) is 12.1 Å². The highest BCUT2D eigenvalue weighted by Crippen LogP contribution is 2.33. The molecule has 0 unspecified atom stereocenters. The molecule has 7 heteroatoms. The second-order valence-corrected chi connectivity index (χ2v) is 5.64. The number of carbonyl (C=O) groups excluding carboxylic acids is 1. The van der Waals surface area contributed by atoms with Gasteiger partial charge in [0.25, 0.3) is 0 Å². The quantitative estimate of drug-likeness (QED) is 0.889. The number of benzene rings is 1. The smallest absolute Gasteiger partial charge is 0.231 e. The molecule has 0 fully saturated rings. The van der Waals surface area contributed by atoms with Gasteiger partial charge in [-0.3, -0.25) is 4.79 Å². The number of hydrogen-bond acceptors (Lipinski definition) is 5. The number of nitrogens with zero attached hydrogens (tertiary/aromatic N) is 2. The highest BCUT2D eigenvalue weighted by Gasteiger charge is 2.34. The number of carbonyl (C=O) groups is 1. The van der Waals surface area contributed by atoms with E-state index in [1.165, 1.54) is 0 Å². The number of hydrogen-bond donors (Lipinski definition) is 2. The fourth-order valence-corrected chi connectivity index (χ4v) is 2.89. The Kier molecular flexibility index (Phi) is 4.57. The van der Waals surface area contributed by atoms with Crippen molar-refractivity contribution >= 4 is 46.0 Å². The average molecular weight is 313 g/mol. The minimum absolute atomic E-state index is 0.118. The van der Waals surface area contributed by atoms with E-state index >= 15 is 0 Å². The molecule has 3 N–H and O–H groups in total. The molecule has 0 aliphatic carbocycles. The number of halogens is 1. The maximum Gasteiger partial charge on any atom is 0.231 e. The Labute approximate surface area is 126 Å². The maximum absolute atomic E-state index is 12.6. The molecule has 2 aromatic rings. The van der Waals surface area contributed by atoms with Gasteiger partial charge in [0.15, 0.2) is 0 Å². The molecule has 0 bridgehead atoms. The van der Waals surface area contributed by atoms with Crippen LogP contribution in [0.4, 0.5) is 5.69 Å². The predicted octanol–water partition coefficient (Wildman–Crippen LogP) is 3.05. The Morgan fingerprint density at radius 2 is 2.10 bits per heavy atom. The Balaban J connectivity index is 2.39. The molecule has 20 heavy (non-hydrogen) atoms. The van der Waals surface area contributed by atoms with Gasteiger partial charge in [-0.25, -0.2) is 0 Å². The van der Waals surface area contributed by atoms with Crippen molar-refractivity contribution < 1.29 is 4.79 Å². The summed E-state index contributed by atoms with van der Waals surface area (Å²) in [4.78, 5) is 12.6. The first-order valence-electron chi connectivity index (χ1n) is 6.50. The van der Waals surface area contributed by atoms with Crippen molar-refractivity contribution in [2.75, 3.05) is 11.9 Å². The average Bonchev–Trinajstić information content (AvgIpc) is 2.93. The Morgan fingerprint density at radius 1 is 1.40 bits per heavy atom. The number of nitrogens with one attached hydrogen (secondary N) is 1. The van der Waals surface area contributed by atoms with Crippen molar-refractivity contribution in [1.29, 1.82) is 0 Å². The van der Waals surface area contributed by atoms with Crippen molar-refractivity contribution in [1.82, 2.24) is 8.75 Å². The zero-order chi connectivity index (χ0) is 14.8. The summed E-state index contributed by atoms with van der Waals surface area (Å²) in [5.74, 6) is -0.118. The molecule has 1 aromatic heterocycles. The van der Waals surface area contributed by atoms with Gasteiger partial charge in [0, 0.05) is 6.54 Å². The van der Waals surface area contributed by atoms with Gasteiger partial charge in [0.2, 0.25) is 5.91 Å². The summed E-state index contributed by atoms with van der Waals surface area (Å²) in [6, 6.07) is 3.50. The zero-order valence-electron chi connectivity index (χ0n) is 11.4. The lowest BCUT2D eigenvalue weighted by Gasteiger charge is -2.28. The van der Waals surface area contributed by atoms with Gasteiger partial charge in [-0.2, -0.15) is 8.75 Å². The number of nitrogens with two attached hydrogens (primary N) is 1. The van der Waals surface area contributed by atoms with Gasteiger partial charge in [0.1, 0.15) is 11.0 Å². The molecule has 2 rings (SSSR count). The van der Waals surface area contributed by atoms with Gasteiger partial charge in [-0.05, 0) is 25.0 Å². The molecule has 108 valence electrons. The summed E-state index contributed by atoms with van der Waals surface area (Å²) in [7, 11) is 0. The molecule has 0 aliphatic rings. The SMILES string of the molecule is CCC(CC)(CN)C(=O)Nc1c(Cl)ccc2nsnc12. The first-order chi connectivity index (χ1) is 9.57. The van der Waals surface area contributed by atoms with E-state index < -0.39 is 5.41 Å². The first kappa shape index (κ1) is 15.2. The third-order valence-corrected chi connectivity index (χ3v) is 4.70. The largest absolute Gasteiger partial charge is 0.329 e. The van der Waals surface area contributed by atoms with Crippen LogP contribution >= 0.6 is 23.3 Å². The van der Waals surface area contributed by atoms with Crippen molar-refractivity contribution in [3.63, 3.8) is 0 Å². The van der Waals surface area contributed by atoms with Crippen molar-refractivity contribution in [2.45, 2.75) is 26.7 Å². The van der Waals surface area contributed by atoms with Crippen LogP contribution in [0.25, 0.3) is 11.0 Å². The highest BCUT2D eigenvalue weighted by atomic mass is 35.5. The second kappa shape index (κ2) is 6.03. The number of anilines is 1. The van der Waals surface area contributed by atoms with E-state index in [-0.39, 0.29) is 5.91 Å². The molecule has 5 nitrogen and oxygen atoms in total. The van der Waals surface area contributed by atoms with E-state index in [0.29, 0.717) is 35.6 Å². The van der Waals surface area contributed by atoms with Crippen LogP contribution in [0.3, 0.4) is 0 Å². The van der Waals surface area contributed by atoms with E-state index in [2.05, 4.69) is 14.1 Å². The third kappa shape index (κ3) is 2.51. The standard InChI is InChI=1S/C13H17ClN4OS/c1-3-13(4-2,7-15)12(19)16-10-8(14)5-6-9-11(10)18-20-17-9/h5-6H,3-4,7,15H2,1-2H3,(H,16,19). The Bertz CT molecular complexity index is 616. The summed E-state index contributed by atoms with van der Waals surface area (Å²) < 4.78 is 8.34. The van der Waals surface area contributed by atoms with Crippen LogP contribution in [0.1, 0.15) is 26.7 Å². The lowest BCUT2D eigenvalue weighted by atomic mass is 9.81. The normalized spacial score (nSPS) is 11.8. The molecule has 0 spiro atoms. The topological polar surface area (TPSA) is 80.9 Å². The number of fused-ring (bicyclic) bond motifs is 1. The fraction of sp³-hybridized carbons (Fsp3) is 0.462. The summed E-state index contributed by atoms with van der Waals surface area (Å²) in [6.45, 7) is 4.22. The van der Waals surface area contributed by atoms with Gasteiger partial charge < -0.3 is 11.1 Å². The Morgan fingerprint density at radius 3 is 2.70 bits per heavy atom. The summed E-state index contributed by atoms with van der Waals surface area (Å²) in [5.41, 5.74) is 7.08. The van der Waals surface area contributed by atoms with Crippen molar-refractivity contribution in [3.8, 4) is 0 Å². The van der Waals surface area contributed by atoms with Gasteiger partial charge in [-0.15, -0.1) is 0 Å². The van der Waals surface area contributed by atoms with E-state index in [9.17, 15) is 4.79 Å². The van der Waals surface area contributed by atoms with Crippen LogP contribution < -0.4 is 11.1 Å². The lowest BCUT2D eigenvalue weighted by Crippen LogP contribution is -2.41. The monoisotopic (exact) mass is 312 g/mol. The van der Waals surface area contributed by atoms with Gasteiger partial charge in [0.05, 0.1) is 27.9 Å². The highest BCUT2D eigenvalue weighted by molar-refractivity contribution is 7.00. The number of aromatic nitrogens is 2. The Hall–Kier alpha value is -1.24.